The van der Waals surface area contributed by atoms with Crippen molar-refractivity contribution in [3.8, 4) is 0 Å². The number of carbonyl (C=O) groups excluding carboxylic acids is 1. The van der Waals surface area contributed by atoms with Crippen LogP contribution < -0.4 is 4.67 Å². The van der Waals surface area contributed by atoms with Gasteiger partial charge in [0, 0.05) is 14.1 Å². The lowest BCUT2D eigenvalue weighted by Gasteiger charge is -2.41. The van der Waals surface area contributed by atoms with E-state index in [1.54, 1.807) is 0 Å². The molecule has 24 heavy (non-hydrogen) atoms. The van der Waals surface area contributed by atoms with Crippen molar-refractivity contribution in [2.45, 2.75) is 18.5 Å². The van der Waals surface area contributed by atoms with Crippen LogP contribution in [0.2, 0.25) is 0 Å². The summed E-state index contributed by atoms with van der Waals surface area (Å²) in [5.74, 6) is -1.00. The molecule has 1 heterocycles. The summed E-state index contributed by atoms with van der Waals surface area (Å²) < 4.78 is 93.9. The predicted molar refractivity (Wildman–Crippen MR) is 71.5 cm³/mol. The largest absolute Gasteiger partial charge is 0.424 e. The summed E-state index contributed by atoms with van der Waals surface area (Å²) in [4.78, 5) is 12.1. The van der Waals surface area contributed by atoms with Crippen LogP contribution in [0.15, 0.2) is 24.3 Å². The molecule has 0 spiro atoms. The van der Waals surface area contributed by atoms with E-state index in [-0.39, 0.29) is 15.9 Å². The number of halogens is 6. The number of para-hydroxylation sites is 1. The minimum absolute atomic E-state index is 0.0202. The van der Waals surface area contributed by atoms with E-state index in [1.165, 1.54) is 24.3 Å². The molecule has 0 saturated heterocycles. The average Bonchev–Trinajstić information content (AvgIpc) is 2.46. The molecule has 5 nitrogen and oxygen atoms in total. The summed E-state index contributed by atoms with van der Waals surface area (Å²) in [7, 11) is -3.14. The van der Waals surface area contributed by atoms with Crippen LogP contribution in [-0.2, 0) is 9.09 Å². The highest BCUT2D eigenvalue weighted by atomic mass is 31.2. The van der Waals surface area contributed by atoms with Gasteiger partial charge in [-0.25, -0.2) is 4.57 Å². The number of carbonyl (C=O) groups is 1. The zero-order valence-corrected chi connectivity index (χ0v) is 13.1. The van der Waals surface area contributed by atoms with Gasteiger partial charge in [0.15, 0.2) is 0 Å². The first-order valence-electron chi connectivity index (χ1n) is 6.34. The number of rotatable bonds is 2. The number of amides is 1. The van der Waals surface area contributed by atoms with Crippen LogP contribution in [0.1, 0.15) is 10.4 Å². The van der Waals surface area contributed by atoms with Gasteiger partial charge in [-0.1, -0.05) is 12.1 Å². The van der Waals surface area contributed by atoms with Crippen LogP contribution in [0.4, 0.5) is 32.0 Å². The van der Waals surface area contributed by atoms with E-state index < -0.39 is 32.0 Å². The number of fused-ring (bicyclic) bond motifs is 1. The highest BCUT2D eigenvalue weighted by Crippen LogP contribution is 2.61. The smallest absolute Gasteiger partial charge is 0.287 e. The highest BCUT2D eigenvalue weighted by molar-refractivity contribution is 7.59. The van der Waals surface area contributed by atoms with Crippen LogP contribution in [0.5, 0.6) is 0 Å². The number of anilines is 1. The maximum Gasteiger partial charge on any atom is 0.424 e. The summed E-state index contributed by atoms with van der Waals surface area (Å²) in [5.41, 5.74) is -0.111. The maximum atomic E-state index is 12.8. The monoisotopic (exact) mass is 376 g/mol. The van der Waals surface area contributed by atoms with Gasteiger partial charge in [-0.15, -0.1) is 0 Å². The number of benzene rings is 1. The van der Waals surface area contributed by atoms with E-state index in [9.17, 15) is 35.7 Å². The van der Waals surface area contributed by atoms with Crippen LogP contribution in [0.3, 0.4) is 0 Å². The fourth-order valence-corrected chi connectivity index (χ4v) is 4.13. The lowest BCUT2D eigenvalue weighted by atomic mass is 10.1. The lowest BCUT2D eigenvalue weighted by Crippen LogP contribution is -2.48. The Morgan fingerprint density at radius 1 is 1.00 bits per heavy atom. The molecule has 0 fully saturated rings. The molecule has 1 aromatic carbocycles. The zero-order chi connectivity index (χ0) is 18.5. The van der Waals surface area contributed by atoms with E-state index in [1.807, 2.05) is 0 Å². The van der Waals surface area contributed by atoms with Gasteiger partial charge < -0.3 is 0 Å². The van der Waals surface area contributed by atoms with Gasteiger partial charge in [-0.3, -0.25) is 18.7 Å². The molecular formula is C12H11F6N2O3P. The van der Waals surface area contributed by atoms with E-state index in [2.05, 4.69) is 4.52 Å². The molecule has 0 saturated carbocycles. The zero-order valence-electron chi connectivity index (χ0n) is 12.2. The normalized spacial score (nSPS) is 22.1. The summed E-state index contributed by atoms with van der Waals surface area (Å²) in [5, 5.41) is 0. The Bertz CT molecular complexity index is 691. The Kier molecular flexibility index (Phi) is 4.39. The van der Waals surface area contributed by atoms with E-state index in [0.29, 0.717) is 4.67 Å². The molecule has 0 aliphatic carbocycles. The number of nitrogens with zero attached hydrogens (tertiary/aromatic N) is 2. The molecule has 12 heteroatoms. The Hall–Kier alpha value is -1.74. The first-order chi connectivity index (χ1) is 10.8. The SMILES string of the molecule is CN1C(=O)c2ccccc2N(C)P1(=O)OC(C(F)(F)F)C(F)(F)F. The molecule has 0 bridgehead atoms. The molecule has 1 aromatic rings. The summed E-state index contributed by atoms with van der Waals surface area (Å²) in [6.07, 6.45) is -16.0. The summed E-state index contributed by atoms with van der Waals surface area (Å²) >= 11 is 0. The summed E-state index contributed by atoms with van der Waals surface area (Å²) in [6.45, 7) is 0. The second-order valence-electron chi connectivity index (χ2n) is 4.93. The molecule has 0 aromatic heterocycles. The minimum atomic E-state index is -5.85. The van der Waals surface area contributed by atoms with Crippen LogP contribution >= 0.6 is 7.67 Å². The maximum absolute atomic E-state index is 12.8. The third-order valence-electron chi connectivity index (χ3n) is 3.37. The van der Waals surface area contributed by atoms with E-state index >= 15 is 0 Å². The molecule has 0 radical (unpaired) electrons. The van der Waals surface area contributed by atoms with Crippen LogP contribution in [0, 0.1) is 0 Å². The van der Waals surface area contributed by atoms with Gasteiger partial charge in [-0.2, -0.15) is 26.3 Å². The Morgan fingerprint density at radius 2 is 1.50 bits per heavy atom. The Morgan fingerprint density at radius 3 is 2.00 bits per heavy atom. The van der Waals surface area contributed by atoms with Gasteiger partial charge in [0.2, 0.25) is 0 Å². The first-order valence-corrected chi connectivity index (χ1v) is 7.87. The fraction of sp³-hybridized carbons (Fsp3) is 0.417. The molecular weight excluding hydrogens is 365 g/mol. The van der Waals surface area contributed by atoms with E-state index in [4.69, 9.17) is 0 Å². The fourth-order valence-electron chi connectivity index (χ4n) is 2.15. The average molecular weight is 376 g/mol. The Labute approximate surface area is 132 Å². The van der Waals surface area contributed by atoms with Crippen LogP contribution in [-0.4, -0.2) is 43.1 Å². The quantitative estimate of drug-likeness (QED) is 0.582. The van der Waals surface area contributed by atoms with Crippen molar-refractivity contribution in [3.05, 3.63) is 29.8 Å². The minimum Gasteiger partial charge on any atom is -0.287 e. The van der Waals surface area contributed by atoms with Crippen LogP contribution in [0.25, 0.3) is 0 Å². The third-order valence-corrected chi connectivity index (χ3v) is 5.77. The van der Waals surface area contributed by atoms with Crippen molar-refractivity contribution in [1.29, 1.82) is 0 Å². The molecule has 1 amide bonds. The molecule has 2 rings (SSSR count). The lowest BCUT2D eigenvalue weighted by molar-refractivity contribution is -0.300. The van der Waals surface area contributed by atoms with Gasteiger partial charge in [-0.05, 0) is 12.1 Å². The van der Waals surface area contributed by atoms with Gasteiger partial charge in [0.05, 0.1) is 11.3 Å². The second kappa shape index (κ2) is 5.66. The van der Waals surface area contributed by atoms with Gasteiger partial charge >= 0.3 is 20.0 Å². The standard InChI is InChI=1S/C12H11F6N2O3P/c1-19-8-6-4-3-5-7(8)9(21)20(2)24(19,22)23-10(11(13,14)15)12(16,17)18/h3-6,10H,1-2H3. The molecule has 0 N–H and O–H groups in total. The number of hydrogen-bond donors (Lipinski definition) is 0. The molecule has 1 atom stereocenters. The Balaban J connectivity index is 2.53. The highest BCUT2D eigenvalue weighted by Gasteiger charge is 2.62. The van der Waals surface area contributed by atoms with E-state index in [0.717, 1.165) is 14.1 Å². The van der Waals surface area contributed by atoms with Crippen molar-refractivity contribution >= 4 is 19.3 Å². The first kappa shape index (κ1) is 18.6. The molecule has 134 valence electrons. The van der Waals surface area contributed by atoms with Crippen molar-refractivity contribution in [2.24, 2.45) is 0 Å². The third kappa shape index (κ3) is 2.98. The van der Waals surface area contributed by atoms with Crippen molar-refractivity contribution in [3.63, 3.8) is 0 Å². The molecule has 1 aliphatic heterocycles. The van der Waals surface area contributed by atoms with Gasteiger partial charge in [0.25, 0.3) is 12.0 Å². The number of hydrogen-bond acceptors (Lipinski definition) is 3. The summed E-state index contributed by atoms with van der Waals surface area (Å²) in [6, 6.07) is 5.39. The molecule has 1 aliphatic rings. The predicted octanol–water partition coefficient (Wildman–Crippen LogP) is 3.83. The molecule has 1 unspecified atom stereocenters. The van der Waals surface area contributed by atoms with Crippen molar-refractivity contribution in [2.75, 3.05) is 18.8 Å². The van der Waals surface area contributed by atoms with Crippen molar-refractivity contribution < 1.29 is 40.2 Å². The second-order valence-corrected chi connectivity index (χ2v) is 7.32. The van der Waals surface area contributed by atoms with Crippen molar-refractivity contribution in [1.82, 2.24) is 4.67 Å². The topological polar surface area (TPSA) is 49.9 Å². The number of alkyl halides is 6. The van der Waals surface area contributed by atoms with Gasteiger partial charge in [0.1, 0.15) is 0 Å².